The molecule has 2 unspecified atom stereocenters. The highest BCUT2D eigenvalue weighted by molar-refractivity contribution is 6.02. The van der Waals surface area contributed by atoms with Gasteiger partial charge in [0.15, 0.2) is 0 Å². The molecule has 0 bridgehead atoms. The number of fused-ring (bicyclic) bond motifs is 3. The minimum absolute atomic E-state index is 0.174. The van der Waals surface area contributed by atoms with Crippen LogP contribution in [0, 0.1) is 6.92 Å². The number of rotatable bonds is 4. The first kappa shape index (κ1) is 17.8. The zero-order valence-electron chi connectivity index (χ0n) is 16.7. The maximum atomic E-state index is 6.41. The summed E-state index contributed by atoms with van der Waals surface area (Å²) in [4.78, 5) is 0. The lowest BCUT2D eigenvalue weighted by atomic mass is 9.96. The summed E-state index contributed by atoms with van der Waals surface area (Å²) in [7, 11) is 0. The minimum atomic E-state index is -0.226. The lowest BCUT2D eigenvalue weighted by Crippen LogP contribution is -2.33. The molecule has 2 heterocycles. The van der Waals surface area contributed by atoms with Gasteiger partial charge in [0.25, 0.3) is 0 Å². The molecule has 0 radical (unpaired) electrons. The monoisotopic (exact) mass is 384 g/mol. The van der Waals surface area contributed by atoms with E-state index in [4.69, 9.17) is 14.6 Å². The molecule has 29 heavy (non-hydrogen) atoms. The van der Waals surface area contributed by atoms with Gasteiger partial charge in [-0.25, -0.2) is 5.01 Å². The van der Waals surface area contributed by atoms with Crippen LogP contribution in [0.25, 0.3) is 0 Å². The van der Waals surface area contributed by atoms with Crippen LogP contribution in [0.1, 0.15) is 47.9 Å². The molecule has 0 aliphatic carbocycles. The van der Waals surface area contributed by atoms with E-state index in [9.17, 15) is 0 Å². The Morgan fingerprint density at radius 1 is 1.00 bits per heavy atom. The van der Waals surface area contributed by atoms with Crippen LogP contribution in [0.3, 0.4) is 0 Å². The van der Waals surface area contributed by atoms with E-state index in [-0.39, 0.29) is 12.3 Å². The quantitative estimate of drug-likeness (QED) is 0.584. The summed E-state index contributed by atoms with van der Waals surface area (Å²) >= 11 is 0. The third-order valence-electron chi connectivity index (χ3n) is 5.56. The highest BCUT2D eigenvalue weighted by Crippen LogP contribution is 2.47. The van der Waals surface area contributed by atoms with Crippen molar-refractivity contribution in [3.8, 4) is 11.5 Å². The summed E-state index contributed by atoms with van der Waals surface area (Å²) in [6.45, 7) is 4.76. The molecule has 3 aromatic rings. The van der Waals surface area contributed by atoms with Crippen LogP contribution >= 0.6 is 0 Å². The third kappa shape index (κ3) is 3.25. The first-order valence-corrected chi connectivity index (χ1v) is 10.1. The molecule has 0 aromatic heterocycles. The molecule has 146 valence electrons. The highest BCUT2D eigenvalue weighted by Gasteiger charge is 2.40. The number of benzene rings is 3. The highest BCUT2D eigenvalue weighted by atomic mass is 16.5. The van der Waals surface area contributed by atoms with Gasteiger partial charge in [-0.2, -0.15) is 5.10 Å². The predicted octanol–water partition coefficient (Wildman–Crippen LogP) is 5.64. The van der Waals surface area contributed by atoms with Crippen molar-refractivity contribution in [2.24, 2.45) is 5.10 Å². The number of aryl methyl sites for hydroxylation is 1. The van der Waals surface area contributed by atoms with Crippen molar-refractivity contribution in [3.05, 3.63) is 95.1 Å². The van der Waals surface area contributed by atoms with Gasteiger partial charge in [-0.05, 0) is 49.7 Å². The van der Waals surface area contributed by atoms with Gasteiger partial charge >= 0.3 is 0 Å². The lowest BCUT2D eigenvalue weighted by molar-refractivity contribution is -0.0190. The molecular weight excluding hydrogens is 360 g/mol. The summed E-state index contributed by atoms with van der Waals surface area (Å²) in [5.41, 5.74) is 5.76. The van der Waals surface area contributed by atoms with E-state index in [0.717, 1.165) is 34.8 Å². The molecule has 0 fully saturated rings. The number of para-hydroxylation sites is 1. The molecule has 3 aromatic carbocycles. The van der Waals surface area contributed by atoms with Crippen molar-refractivity contribution in [1.82, 2.24) is 5.01 Å². The van der Waals surface area contributed by atoms with Crippen LogP contribution in [0.2, 0.25) is 0 Å². The van der Waals surface area contributed by atoms with Crippen LogP contribution in [0.15, 0.2) is 77.9 Å². The summed E-state index contributed by atoms with van der Waals surface area (Å²) < 4.78 is 12.0. The van der Waals surface area contributed by atoms with Crippen LogP contribution in [-0.2, 0) is 0 Å². The zero-order valence-corrected chi connectivity index (χ0v) is 16.7. The van der Waals surface area contributed by atoms with Gasteiger partial charge in [-0.3, -0.25) is 0 Å². The molecule has 0 saturated carbocycles. The van der Waals surface area contributed by atoms with Gasteiger partial charge in [0.2, 0.25) is 6.23 Å². The summed E-state index contributed by atoms with van der Waals surface area (Å²) in [6, 6.07) is 25.2. The number of ether oxygens (including phenoxy) is 2. The Labute approximate surface area is 171 Å². The van der Waals surface area contributed by atoms with E-state index in [0.29, 0.717) is 6.61 Å². The number of hydrogen-bond donors (Lipinski definition) is 0. The molecule has 0 spiro atoms. The summed E-state index contributed by atoms with van der Waals surface area (Å²) in [5, 5.41) is 7.14. The molecule has 2 aliphatic heterocycles. The zero-order chi connectivity index (χ0) is 19.8. The van der Waals surface area contributed by atoms with E-state index in [1.165, 1.54) is 11.1 Å². The van der Waals surface area contributed by atoms with Gasteiger partial charge in [-0.1, -0.05) is 48.0 Å². The van der Waals surface area contributed by atoms with Crippen molar-refractivity contribution in [2.75, 3.05) is 6.61 Å². The Kier molecular flexibility index (Phi) is 4.47. The van der Waals surface area contributed by atoms with E-state index in [2.05, 4.69) is 66.5 Å². The van der Waals surface area contributed by atoms with Crippen LogP contribution in [-0.4, -0.2) is 17.3 Å². The largest absolute Gasteiger partial charge is 0.494 e. The van der Waals surface area contributed by atoms with Gasteiger partial charge in [0.1, 0.15) is 11.5 Å². The van der Waals surface area contributed by atoms with E-state index < -0.39 is 0 Å². The fraction of sp³-hybridized carbons (Fsp3) is 0.240. The average molecular weight is 384 g/mol. The third-order valence-corrected chi connectivity index (χ3v) is 5.56. The van der Waals surface area contributed by atoms with Crippen molar-refractivity contribution >= 4 is 5.71 Å². The lowest BCUT2D eigenvalue weighted by Gasteiger charge is -2.38. The summed E-state index contributed by atoms with van der Waals surface area (Å²) in [5.74, 6) is 1.83. The van der Waals surface area contributed by atoms with Gasteiger partial charge < -0.3 is 9.47 Å². The Hall–Kier alpha value is -3.27. The first-order valence-electron chi connectivity index (χ1n) is 10.1. The fourth-order valence-corrected chi connectivity index (χ4v) is 4.07. The van der Waals surface area contributed by atoms with Gasteiger partial charge in [0.05, 0.1) is 18.4 Å². The molecule has 2 atom stereocenters. The Balaban J connectivity index is 1.52. The molecular formula is C25H24N2O2. The molecule has 0 saturated heterocycles. The topological polar surface area (TPSA) is 34.1 Å². The maximum absolute atomic E-state index is 6.41. The normalized spacial score (nSPS) is 19.8. The molecule has 0 amide bonds. The maximum Gasteiger partial charge on any atom is 0.213 e. The second kappa shape index (κ2) is 7.28. The van der Waals surface area contributed by atoms with Crippen molar-refractivity contribution < 1.29 is 9.47 Å². The number of hydrogen-bond acceptors (Lipinski definition) is 4. The van der Waals surface area contributed by atoms with Crippen LogP contribution < -0.4 is 9.47 Å². The second-order valence-corrected chi connectivity index (χ2v) is 7.52. The Morgan fingerprint density at radius 2 is 1.76 bits per heavy atom. The average Bonchev–Trinajstić information content (AvgIpc) is 3.20. The van der Waals surface area contributed by atoms with Crippen molar-refractivity contribution in [2.45, 2.75) is 32.5 Å². The smallest absolute Gasteiger partial charge is 0.213 e. The summed E-state index contributed by atoms with van der Waals surface area (Å²) in [6.07, 6.45) is 0.632. The second-order valence-electron chi connectivity index (χ2n) is 7.52. The molecule has 5 rings (SSSR count). The van der Waals surface area contributed by atoms with E-state index >= 15 is 0 Å². The van der Waals surface area contributed by atoms with E-state index in [1.807, 2.05) is 25.1 Å². The van der Waals surface area contributed by atoms with E-state index in [1.54, 1.807) is 0 Å². The number of hydrazone groups is 1. The minimum Gasteiger partial charge on any atom is -0.494 e. The van der Waals surface area contributed by atoms with Crippen molar-refractivity contribution in [3.63, 3.8) is 0 Å². The molecule has 2 aliphatic rings. The fourth-order valence-electron chi connectivity index (χ4n) is 4.07. The van der Waals surface area contributed by atoms with Crippen molar-refractivity contribution in [1.29, 1.82) is 0 Å². The van der Waals surface area contributed by atoms with Gasteiger partial charge in [0, 0.05) is 17.5 Å². The standard InChI is InChI=1S/C25H24N2O2/c1-3-28-20-14-12-18(13-15-20)22-16-23-21-6-4-5-7-24(21)29-25(27(23)26-22)19-10-8-17(2)9-11-19/h4-15,23,25H,3,16H2,1-2H3. The Bertz CT molecular complexity index is 1040. The predicted molar refractivity (Wildman–Crippen MR) is 114 cm³/mol. The molecule has 4 heteroatoms. The molecule has 0 N–H and O–H groups in total. The van der Waals surface area contributed by atoms with Crippen LogP contribution in [0.5, 0.6) is 11.5 Å². The van der Waals surface area contributed by atoms with Crippen LogP contribution in [0.4, 0.5) is 0 Å². The Morgan fingerprint density at radius 3 is 2.52 bits per heavy atom. The SMILES string of the molecule is CCOc1ccc(C2=NN3C(C2)c2ccccc2OC3c2ccc(C)cc2)cc1. The first-order chi connectivity index (χ1) is 14.2. The number of nitrogens with zero attached hydrogens (tertiary/aromatic N) is 2. The molecule has 4 nitrogen and oxygen atoms in total. The van der Waals surface area contributed by atoms with Gasteiger partial charge in [-0.15, -0.1) is 0 Å².